The van der Waals surface area contributed by atoms with Gasteiger partial charge in [0.15, 0.2) is 11.5 Å². The first kappa shape index (κ1) is 20.0. The third-order valence-electron chi connectivity index (χ3n) is 5.77. The molecule has 1 aromatic rings. The lowest BCUT2D eigenvalue weighted by Crippen LogP contribution is -2.47. The van der Waals surface area contributed by atoms with Crippen molar-refractivity contribution in [2.24, 2.45) is 0 Å². The van der Waals surface area contributed by atoms with Crippen molar-refractivity contribution in [3.8, 4) is 11.5 Å². The van der Waals surface area contributed by atoms with Gasteiger partial charge in [-0.05, 0) is 62.9 Å². The molecular weight excluding hydrogens is 342 g/mol. The molecule has 2 aliphatic heterocycles. The monoisotopic (exact) mass is 375 g/mol. The van der Waals surface area contributed by atoms with Crippen molar-refractivity contribution in [3.63, 3.8) is 0 Å². The van der Waals surface area contributed by atoms with E-state index >= 15 is 0 Å². The molecule has 0 aromatic heterocycles. The Balaban J connectivity index is 1.35. The van der Waals surface area contributed by atoms with Gasteiger partial charge in [-0.3, -0.25) is 9.69 Å². The van der Waals surface area contributed by atoms with Gasteiger partial charge in [-0.2, -0.15) is 0 Å². The lowest BCUT2D eigenvalue weighted by molar-refractivity contribution is -0.122. The van der Waals surface area contributed by atoms with Gasteiger partial charge in [0.25, 0.3) is 0 Å². The molecule has 2 fully saturated rings. The maximum Gasteiger partial charge on any atom is 0.234 e. The predicted octanol–water partition coefficient (Wildman–Crippen LogP) is 1.92. The van der Waals surface area contributed by atoms with Gasteiger partial charge in [-0.1, -0.05) is 6.07 Å². The van der Waals surface area contributed by atoms with Crippen molar-refractivity contribution >= 4 is 5.91 Å². The van der Waals surface area contributed by atoms with Crippen molar-refractivity contribution in [3.05, 3.63) is 23.8 Å². The molecule has 27 heavy (non-hydrogen) atoms. The Kier molecular flexibility index (Phi) is 7.35. The molecule has 0 spiro atoms. The molecule has 6 heteroatoms. The zero-order valence-corrected chi connectivity index (χ0v) is 16.7. The number of hydrogen-bond donors (Lipinski definition) is 1. The van der Waals surface area contributed by atoms with Crippen molar-refractivity contribution in [2.45, 2.75) is 38.1 Å². The van der Waals surface area contributed by atoms with Crippen LogP contribution in [0.5, 0.6) is 11.5 Å². The first-order valence-corrected chi connectivity index (χ1v) is 10.1. The molecule has 6 nitrogen and oxygen atoms in total. The van der Waals surface area contributed by atoms with Crippen LogP contribution in [0, 0.1) is 0 Å². The standard InChI is InChI=1S/C21H33N3O3/c1-26-19-6-5-17(15-20(19)27-2)7-10-22-21(25)16-23-13-8-18(9-14-23)24-11-3-4-12-24/h5-6,15,18H,3-4,7-14,16H2,1-2H3,(H,22,25). The van der Waals surface area contributed by atoms with E-state index in [9.17, 15) is 4.79 Å². The number of carbonyl (C=O) groups is 1. The lowest BCUT2D eigenvalue weighted by Gasteiger charge is -2.36. The Morgan fingerprint density at radius 3 is 2.44 bits per heavy atom. The van der Waals surface area contributed by atoms with Crippen LogP contribution in [0.25, 0.3) is 0 Å². The van der Waals surface area contributed by atoms with Crippen molar-refractivity contribution < 1.29 is 14.3 Å². The molecule has 0 saturated carbocycles. The van der Waals surface area contributed by atoms with Gasteiger partial charge in [-0.25, -0.2) is 0 Å². The van der Waals surface area contributed by atoms with E-state index in [0.717, 1.165) is 42.6 Å². The molecule has 0 unspecified atom stereocenters. The smallest absolute Gasteiger partial charge is 0.234 e. The van der Waals surface area contributed by atoms with Crippen LogP contribution in [-0.4, -0.2) is 75.2 Å². The van der Waals surface area contributed by atoms with Gasteiger partial charge in [0.2, 0.25) is 5.91 Å². The molecule has 1 aromatic carbocycles. The number of ether oxygens (including phenoxy) is 2. The fourth-order valence-corrected chi connectivity index (χ4v) is 4.19. The molecule has 0 radical (unpaired) electrons. The second kappa shape index (κ2) is 9.95. The normalized spacial score (nSPS) is 19.2. The Bertz CT molecular complexity index is 609. The highest BCUT2D eigenvalue weighted by Gasteiger charge is 2.26. The number of piperidine rings is 1. The molecule has 0 aliphatic carbocycles. The summed E-state index contributed by atoms with van der Waals surface area (Å²) in [6, 6.07) is 6.61. The summed E-state index contributed by atoms with van der Waals surface area (Å²) >= 11 is 0. The molecule has 1 N–H and O–H groups in total. The molecular formula is C21H33N3O3. The van der Waals surface area contributed by atoms with Gasteiger partial charge in [0, 0.05) is 25.7 Å². The summed E-state index contributed by atoms with van der Waals surface area (Å²) in [4.78, 5) is 17.2. The van der Waals surface area contributed by atoms with Crippen LogP contribution < -0.4 is 14.8 Å². The molecule has 2 aliphatic rings. The molecule has 0 bridgehead atoms. The van der Waals surface area contributed by atoms with Gasteiger partial charge >= 0.3 is 0 Å². The summed E-state index contributed by atoms with van der Waals surface area (Å²) < 4.78 is 10.6. The minimum atomic E-state index is 0.120. The SMILES string of the molecule is COc1ccc(CCNC(=O)CN2CCC(N3CCCC3)CC2)cc1OC. The van der Waals surface area contributed by atoms with Crippen molar-refractivity contribution in [1.82, 2.24) is 15.1 Å². The average Bonchev–Trinajstić information content (AvgIpc) is 3.23. The predicted molar refractivity (Wildman–Crippen MR) is 107 cm³/mol. The van der Waals surface area contributed by atoms with E-state index in [4.69, 9.17) is 9.47 Å². The fourth-order valence-electron chi connectivity index (χ4n) is 4.19. The van der Waals surface area contributed by atoms with Crippen LogP contribution in [0.4, 0.5) is 0 Å². The zero-order chi connectivity index (χ0) is 19.1. The van der Waals surface area contributed by atoms with E-state index in [-0.39, 0.29) is 5.91 Å². The van der Waals surface area contributed by atoms with Gasteiger partial charge < -0.3 is 19.7 Å². The summed E-state index contributed by atoms with van der Waals surface area (Å²) in [5.41, 5.74) is 1.12. The number of benzene rings is 1. The minimum absolute atomic E-state index is 0.120. The zero-order valence-electron chi connectivity index (χ0n) is 16.7. The van der Waals surface area contributed by atoms with Gasteiger partial charge in [0.1, 0.15) is 0 Å². The van der Waals surface area contributed by atoms with Crippen LogP contribution >= 0.6 is 0 Å². The number of rotatable bonds is 8. The van der Waals surface area contributed by atoms with Crippen LogP contribution in [0.3, 0.4) is 0 Å². The number of hydrogen-bond acceptors (Lipinski definition) is 5. The van der Waals surface area contributed by atoms with Crippen molar-refractivity contribution in [1.29, 1.82) is 0 Å². The first-order chi connectivity index (χ1) is 13.2. The molecule has 2 saturated heterocycles. The van der Waals surface area contributed by atoms with Gasteiger partial charge in [-0.15, -0.1) is 0 Å². The van der Waals surface area contributed by atoms with Crippen LogP contribution in [0.1, 0.15) is 31.2 Å². The van der Waals surface area contributed by atoms with Crippen LogP contribution in [0.15, 0.2) is 18.2 Å². The highest BCUT2D eigenvalue weighted by molar-refractivity contribution is 5.78. The third kappa shape index (κ3) is 5.59. The summed E-state index contributed by atoms with van der Waals surface area (Å²) in [7, 11) is 3.27. The first-order valence-electron chi connectivity index (χ1n) is 10.1. The highest BCUT2D eigenvalue weighted by atomic mass is 16.5. The molecule has 150 valence electrons. The van der Waals surface area contributed by atoms with E-state index in [2.05, 4.69) is 15.1 Å². The summed E-state index contributed by atoms with van der Waals surface area (Å²) in [5.74, 6) is 1.57. The largest absolute Gasteiger partial charge is 0.493 e. The number of methoxy groups -OCH3 is 2. The molecule has 0 atom stereocenters. The lowest BCUT2D eigenvalue weighted by atomic mass is 10.0. The molecule has 1 amide bonds. The molecule has 2 heterocycles. The Labute approximate surface area is 162 Å². The Morgan fingerprint density at radius 2 is 1.78 bits per heavy atom. The second-order valence-corrected chi connectivity index (χ2v) is 7.54. The minimum Gasteiger partial charge on any atom is -0.493 e. The van der Waals surface area contributed by atoms with Gasteiger partial charge in [0.05, 0.1) is 20.8 Å². The number of nitrogens with zero attached hydrogens (tertiary/aromatic N) is 2. The van der Waals surface area contributed by atoms with E-state index in [1.54, 1.807) is 14.2 Å². The summed E-state index contributed by atoms with van der Waals surface area (Å²) in [6.45, 7) is 5.74. The average molecular weight is 376 g/mol. The Morgan fingerprint density at radius 1 is 1.07 bits per heavy atom. The maximum atomic E-state index is 12.3. The number of likely N-dealkylation sites (tertiary alicyclic amines) is 2. The molecule has 3 rings (SSSR count). The number of nitrogens with one attached hydrogen (secondary N) is 1. The highest BCUT2D eigenvalue weighted by Crippen LogP contribution is 2.27. The van der Waals surface area contributed by atoms with E-state index in [1.165, 1.54) is 38.8 Å². The topological polar surface area (TPSA) is 54.0 Å². The Hall–Kier alpha value is -1.79. The van der Waals surface area contributed by atoms with E-state index in [1.807, 2.05) is 18.2 Å². The fraction of sp³-hybridized carbons (Fsp3) is 0.667. The van der Waals surface area contributed by atoms with E-state index < -0.39 is 0 Å². The van der Waals surface area contributed by atoms with E-state index in [0.29, 0.717) is 13.1 Å². The number of carbonyl (C=O) groups excluding carboxylic acids is 1. The maximum absolute atomic E-state index is 12.3. The third-order valence-corrected chi connectivity index (χ3v) is 5.77. The second-order valence-electron chi connectivity index (χ2n) is 7.54. The van der Waals surface area contributed by atoms with Crippen LogP contribution in [0.2, 0.25) is 0 Å². The van der Waals surface area contributed by atoms with Crippen LogP contribution in [-0.2, 0) is 11.2 Å². The summed E-state index contributed by atoms with van der Waals surface area (Å²) in [5, 5.41) is 3.05. The van der Waals surface area contributed by atoms with Crippen molar-refractivity contribution in [2.75, 3.05) is 53.5 Å². The summed E-state index contributed by atoms with van der Waals surface area (Å²) in [6.07, 6.45) is 5.87. The quantitative estimate of drug-likeness (QED) is 0.752. The number of amides is 1.